The molecule has 0 atom stereocenters. The zero-order valence-electron chi connectivity index (χ0n) is 16.6. The van der Waals surface area contributed by atoms with E-state index in [0.717, 1.165) is 38.2 Å². The van der Waals surface area contributed by atoms with Crippen LogP contribution in [0.4, 0.5) is 5.69 Å². The lowest BCUT2D eigenvalue weighted by Crippen LogP contribution is -2.04. The molecular formula is C23H17ClN4O2S. The number of methoxy groups -OCH3 is 1. The molecule has 0 spiro atoms. The molecule has 4 aromatic rings. The van der Waals surface area contributed by atoms with Crippen molar-refractivity contribution < 1.29 is 9.53 Å². The molecule has 2 aromatic heterocycles. The van der Waals surface area contributed by atoms with E-state index in [2.05, 4.69) is 5.32 Å². The molecule has 2 aromatic carbocycles. The maximum absolute atomic E-state index is 12.8. The number of ether oxygens (including phenoxy) is 1. The highest BCUT2D eigenvalue weighted by Gasteiger charge is 2.30. The summed E-state index contributed by atoms with van der Waals surface area (Å²) in [5, 5.41) is 9.53. The second kappa shape index (κ2) is 6.93. The van der Waals surface area contributed by atoms with Gasteiger partial charge in [0.2, 0.25) is 4.96 Å². The number of imidazole rings is 1. The Morgan fingerprint density at radius 1 is 1.23 bits per heavy atom. The van der Waals surface area contributed by atoms with Crippen LogP contribution in [0.25, 0.3) is 27.9 Å². The minimum absolute atomic E-state index is 0.155. The number of rotatable bonds is 4. The fraction of sp³-hybridized carbons (Fsp3) is 0.174. The Labute approximate surface area is 187 Å². The standard InChI is InChI=1S/C23H17ClN4O2S/c1-30-15-8-9-18-16(10-15)17(21(29)25-18)11-19-20(12-4-6-14(24)7-5-12)26-23-28(19)27-22(31-23)13-2-3-13/h4-11,13H,2-3H2,1H3,(H,25,29)/b17-11+. The number of carbonyl (C=O) groups excluding carboxylic acids is 1. The molecule has 0 radical (unpaired) electrons. The minimum atomic E-state index is -0.155. The monoisotopic (exact) mass is 448 g/mol. The van der Waals surface area contributed by atoms with Gasteiger partial charge in [-0.05, 0) is 49.2 Å². The van der Waals surface area contributed by atoms with Crippen molar-refractivity contribution in [1.29, 1.82) is 0 Å². The van der Waals surface area contributed by atoms with Crippen molar-refractivity contribution in [3.63, 3.8) is 0 Å². The number of halogens is 1. The molecule has 3 heterocycles. The molecule has 6 rings (SSSR count). The van der Waals surface area contributed by atoms with Crippen LogP contribution >= 0.6 is 22.9 Å². The van der Waals surface area contributed by atoms with Crippen molar-refractivity contribution in [2.24, 2.45) is 0 Å². The maximum Gasteiger partial charge on any atom is 0.256 e. The Bertz CT molecular complexity index is 1380. The minimum Gasteiger partial charge on any atom is -0.497 e. The number of hydrogen-bond acceptors (Lipinski definition) is 5. The van der Waals surface area contributed by atoms with Crippen LogP contribution in [-0.4, -0.2) is 27.6 Å². The first-order valence-corrected chi connectivity index (χ1v) is 11.2. The average Bonchev–Trinajstić information content (AvgIpc) is 3.36. The smallest absolute Gasteiger partial charge is 0.256 e. The molecule has 1 saturated carbocycles. The molecule has 31 heavy (non-hydrogen) atoms. The Morgan fingerprint density at radius 3 is 2.77 bits per heavy atom. The largest absolute Gasteiger partial charge is 0.497 e. The Hall–Kier alpha value is -3.16. The van der Waals surface area contributed by atoms with E-state index in [1.165, 1.54) is 12.8 Å². The van der Waals surface area contributed by atoms with E-state index in [-0.39, 0.29) is 5.91 Å². The van der Waals surface area contributed by atoms with Crippen LogP contribution in [0.15, 0.2) is 42.5 Å². The number of hydrogen-bond donors (Lipinski definition) is 1. The fourth-order valence-corrected chi connectivity index (χ4v) is 5.00. The first-order chi connectivity index (χ1) is 15.1. The summed E-state index contributed by atoms with van der Waals surface area (Å²) in [5.41, 5.74) is 4.61. The molecule has 2 aliphatic rings. The SMILES string of the molecule is COc1ccc2c(c1)/C(=C\c1c(-c3ccc(Cl)cc3)nc3sc(C4CC4)nn13)C(=O)N2. The van der Waals surface area contributed by atoms with Crippen molar-refractivity contribution in [2.75, 3.05) is 12.4 Å². The van der Waals surface area contributed by atoms with Gasteiger partial charge in [-0.25, -0.2) is 9.50 Å². The third kappa shape index (κ3) is 3.12. The Balaban J connectivity index is 1.57. The van der Waals surface area contributed by atoms with Gasteiger partial charge in [-0.3, -0.25) is 4.79 Å². The zero-order chi connectivity index (χ0) is 21.1. The topological polar surface area (TPSA) is 68.5 Å². The van der Waals surface area contributed by atoms with Gasteiger partial charge < -0.3 is 10.1 Å². The number of amides is 1. The summed E-state index contributed by atoms with van der Waals surface area (Å²) in [6, 6.07) is 13.1. The normalized spacial score (nSPS) is 16.7. The predicted octanol–water partition coefficient (Wildman–Crippen LogP) is 5.49. The van der Waals surface area contributed by atoms with Crippen molar-refractivity contribution in [2.45, 2.75) is 18.8 Å². The third-order valence-electron chi connectivity index (χ3n) is 5.59. The van der Waals surface area contributed by atoms with E-state index >= 15 is 0 Å². The van der Waals surface area contributed by atoms with E-state index in [1.807, 2.05) is 53.1 Å². The van der Waals surface area contributed by atoms with Gasteiger partial charge in [0.15, 0.2) is 0 Å². The molecule has 1 aliphatic carbocycles. The first kappa shape index (κ1) is 18.6. The Kier molecular flexibility index (Phi) is 4.16. The summed E-state index contributed by atoms with van der Waals surface area (Å²) in [6.45, 7) is 0. The van der Waals surface area contributed by atoms with Gasteiger partial charge in [-0.15, -0.1) is 0 Å². The van der Waals surface area contributed by atoms with Crippen molar-refractivity contribution in [1.82, 2.24) is 14.6 Å². The fourth-order valence-electron chi connectivity index (χ4n) is 3.80. The van der Waals surface area contributed by atoms with Crippen molar-refractivity contribution >= 4 is 51.1 Å². The molecule has 1 fully saturated rings. The number of aromatic nitrogens is 3. The highest BCUT2D eigenvalue weighted by atomic mass is 35.5. The van der Waals surface area contributed by atoms with Gasteiger partial charge in [-0.1, -0.05) is 35.1 Å². The van der Waals surface area contributed by atoms with Crippen LogP contribution in [0, 0.1) is 0 Å². The van der Waals surface area contributed by atoms with Crippen molar-refractivity contribution in [3.05, 3.63) is 63.8 Å². The van der Waals surface area contributed by atoms with Crippen molar-refractivity contribution in [3.8, 4) is 17.0 Å². The van der Waals surface area contributed by atoms with Gasteiger partial charge in [0.25, 0.3) is 5.91 Å². The van der Waals surface area contributed by atoms with Gasteiger partial charge in [0, 0.05) is 27.8 Å². The van der Waals surface area contributed by atoms with Crippen LogP contribution in [0.1, 0.15) is 35.0 Å². The summed E-state index contributed by atoms with van der Waals surface area (Å²) in [5.74, 6) is 1.08. The maximum atomic E-state index is 12.8. The molecule has 0 bridgehead atoms. The van der Waals surface area contributed by atoms with Crippen LogP contribution in [0.2, 0.25) is 5.02 Å². The van der Waals surface area contributed by atoms with E-state index in [4.69, 9.17) is 26.4 Å². The second-order valence-electron chi connectivity index (χ2n) is 7.69. The molecule has 0 unspecified atom stereocenters. The lowest BCUT2D eigenvalue weighted by Gasteiger charge is -2.04. The van der Waals surface area contributed by atoms with E-state index < -0.39 is 0 Å². The van der Waals surface area contributed by atoms with Crippen LogP contribution in [0.3, 0.4) is 0 Å². The van der Waals surface area contributed by atoms with Gasteiger partial charge >= 0.3 is 0 Å². The van der Waals surface area contributed by atoms with Gasteiger partial charge in [0.05, 0.1) is 24.1 Å². The van der Waals surface area contributed by atoms with E-state index in [9.17, 15) is 4.79 Å². The molecule has 1 amide bonds. The number of carbonyl (C=O) groups is 1. The zero-order valence-corrected chi connectivity index (χ0v) is 18.1. The molecule has 1 aliphatic heterocycles. The predicted molar refractivity (Wildman–Crippen MR) is 123 cm³/mol. The highest BCUT2D eigenvalue weighted by molar-refractivity contribution is 7.16. The summed E-state index contributed by atoms with van der Waals surface area (Å²) < 4.78 is 7.22. The summed E-state index contributed by atoms with van der Waals surface area (Å²) in [7, 11) is 1.61. The summed E-state index contributed by atoms with van der Waals surface area (Å²) in [4.78, 5) is 18.5. The van der Waals surface area contributed by atoms with E-state index in [0.29, 0.717) is 22.3 Å². The Morgan fingerprint density at radius 2 is 2.03 bits per heavy atom. The molecule has 1 N–H and O–H groups in total. The number of fused-ring (bicyclic) bond motifs is 2. The van der Waals surface area contributed by atoms with Gasteiger partial charge in [-0.2, -0.15) is 5.10 Å². The first-order valence-electron chi connectivity index (χ1n) is 9.97. The average molecular weight is 449 g/mol. The number of anilines is 1. The van der Waals surface area contributed by atoms with Gasteiger partial charge in [0.1, 0.15) is 10.8 Å². The lowest BCUT2D eigenvalue weighted by atomic mass is 10.0. The molecule has 0 saturated heterocycles. The van der Waals surface area contributed by atoms with E-state index in [1.54, 1.807) is 18.4 Å². The summed E-state index contributed by atoms with van der Waals surface area (Å²) in [6.07, 6.45) is 4.22. The molecule has 6 nitrogen and oxygen atoms in total. The number of benzene rings is 2. The van der Waals surface area contributed by atoms with Crippen LogP contribution < -0.4 is 10.1 Å². The lowest BCUT2D eigenvalue weighted by molar-refractivity contribution is -0.110. The number of nitrogens with zero attached hydrogens (tertiary/aromatic N) is 3. The number of nitrogens with one attached hydrogen (secondary N) is 1. The van der Waals surface area contributed by atoms with Crippen LogP contribution in [-0.2, 0) is 4.79 Å². The summed E-state index contributed by atoms with van der Waals surface area (Å²) >= 11 is 7.70. The second-order valence-corrected chi connectivity index (χ2v) is 9.11. The molecular weight excluding hydrogens is 432 g/mol. The molecule has 154 valence electrons. The van der Waals surface area contributed by atoms with Crippen LogP contribution in [0.5, 0.6) is 5.75 Å². The third-order valence-corrected chi connectivity index (χ3v) is 6.91. The highest BCUT2D eigenvalue weighted by Crippen LogP contribution is 2.43. The molecule has 8 heteroatoms. The quantitative estimate of drug-likeness (QED) is 0.419.